The van der Waals surface area contributed by atoms with E-state index in [1.165, 1.54) is 0 Å². The maximum Gasteiger partial charge on any atom is 0.325 e. The lowest BCUT2D eigenvalue weighted by Gasteiger charge is -2.11. The maximum absolute atomic E-state index is 11.5. The lowest BCUT2D eigenvalue weighted by molar-refractivity contribution is -0.145. The van der Waals surface area contributed by atoms with E-state index in [4.69, 9.17) is 16.3 Å². The Morgan fingerprint density at radius 2 is 2.21 bits per heavy atom. The van der Waals surface area contributed by atoms with Crippen LogP contribution in [-0.2, 0) is 9.53 Å². The third kappa shape index (κ3) is 3.35. The highest BCUT2D eigenvalue weighted by molar-refractivity contribution is 6.35. The number of benzene rings is 1. The van der Waals surface area contributed by atoms with Gasteiger partial charge in [-0.3, -0.25) is 9.78 Å². The molecule has 4 nitrogen and oxygen atoms in total. The Balaban J connectivity index is 2.17. The van der Waals surface area contributed by atoms with E-state index in [0.717, 1.165) is 16.6 Å². The van der Waals surface area contributed by atoms with E-state index >= 15 is 0 Å². The molecule has 1 heterocycles. The van der Waals surface area contributed by atoms with Gasteiger partial charge in [-0.25, -0.2) is 0 Å². The quantitative estimate of drug-likeness (QED) is 0.872. The molecule has 0 aliphatic heterocycles. The van der Waals surface area contributed by atoms with Gasteiger partial charge in [-0.2, -0.15) is 0 Å². The largest absolute Gasteiger partial charge is 0.462 e. The average Bonchev–Trinajstić information content (AvgIpc) is 2.37. The van der Waals surface area contributed by atoms with Crippen molar-refractivity contribution in [2.24, 2.45) is 0 Å². The van der Waals surface area contributed by atoms with Gasteiger partial charge in [0.25, 0.3) is 0 Å². The Morgan fingerprint density at radius 3 is 2.95 bits per heavy atom. The van der Waals surface area contributed by atoms with Gasteiger partial charge >= 0.3 is 5.97 Å². The number of carbonyl (C=O) groups excluding carboxylic acids is 1. The second-order valence-electron chi connectivity index (χ2n) is 4.39. The van der Waals surface area contributed by atoms with Gasteiger partial charge in [0, 0.05) is 11.6 Å². The molecule has 2 rings (SSSR count). The maximum atomic E-state index is 11.5. The van der Waals surface area contributed by atoms with Gasteiger partial charge in [-0.05, 0) is 38.1 Å². The molecule has 5 heteroatoms. The van der Waals surface area contributed by atoms with E-state index in [9.17, 15) is 4.79 Å². The standard InChI is InChI=1S/C14H15ClN2O2/c1-9(2)19-13(18)8-17-12-6-5-11(15)10-4-3-7-16-14(10)12/h3-7,9,17H,8H2,1-2H3. The van der Waals surface area contributed by atoms with Crippen molar-refractivity contribution in [1.82, 2.24) is 4.98 Å². The highest BCUT2D eigenvalue weighted by Gasteiger charge is 2.08. The van der Waals surface area contributed by atoms with Crippen molar-refractivity contribution in [3.05, 3.63) is 35.5 Å². The minimum Gasteiger partial charge on any atom is -0.462 e. The zero-order valence-corrected chi connectivity index (χ0v) is 11.6. The van der Waals surface area contributed by atoms with E-state index in [1.807, 2.05) is 26.0 Å². The number of carbonyl (C=O) groups is 1. The fraction of sp³-hybridized carbons (Fsp3) is 0.286. The zero-order valence-electron chi connectivity index (χ0n) is 10.8. The van der Waals surface area contributed by atoms with Gasteiger partial charge in [-0.1, -0.05) is 11.6 Å². The summed E-state index contributed by atoms with van der Waals surface area (Å²) >= 11 is 6.10. The molecule has 1 N–H and O–H groups in total. The summed E-state index contributed by atoms with van der Waals surface area (Å²) in [6, 6.07) is 7.30. The molecule has 100 valence electrons. The van der Waals surface area contributed by atoms with Crippen LogP contribution in [0.2, 0.25) is 5.02 Å². The summed E-state index contributed by atoms with van der Waals surface area (Å²) < 4.78 is 5.06. The number of esters is 1. The Bertz CT molecular complexity index is 599. The number of anilines is 1. The van der Waals surface area contributed by atoms with Gasteiger partial charge in [0.2, 0.25) is 0 Å². The van der Waals surface area contributed by atoms with Crippen molar-refractivity contribution in [2.75, 3.05) is 11.9 Å². The summed E-state index contributed by atoms with van der Waals surface area (Å²) in [7, 11) is 0. The molecule has 0 saturated heterocycles. The first-order valence-corrected chi connectivity index (χ1v) is 6.42. The molecule has 0 aliphatic rings. The van der Waals surface area contributed by atoms with Crippen LogP contribution >= 0.6 is 11.6 Å². The van der Waals surface area contributed by atoms with Crippen LogP contribution < -0.4 is 5.32 Å². The fourth-order valence-corrected chi connectivity index (χ4v) is 1.97. The molecule has 0 amide bonds. The highest BCUT2D eigenvalue weighted by atomic mass is 35.5. The molecule has 0 aliphatic carbocycles. The third-order valence-electron chi connectivity index (χ3n) is 2.51. The summed E-state index contributed by atoms with van der Waals surface area (Å²) in [6.07, 6.45) is 1.57. The SMILES string of the molecule is CC(C)OC(=O)CNc1ccc(Cl)c2cccnc12. The number of halogens is 1. The number of rotatable bonds is 4. The molecule has 1 aromatic heterocycles. The number of hydrogen-bond acceptors (Lipinski definition) is 4. The smallest absolute Gasteiger partial charge is 0.325 e. The molecule has 0 radical (unpaired) electrons. The first-order chi connectivity index (χ1) is 9.08. The van der Waals surface area contributed by atoms with Crippen molar-refractivity contribution in [3.63, 3.8) is 0 Å². The van der Waals surface area contributed by atoms with Crippen LogP contribution in [0.3, 0.4) is 0 Å². The summed E-state index contributed by atoms with van der Waals surface area (Å²) in [5.41, 5.74) is 1.51. The Hall–Kier alpha value is -1.81. The van der Waals surface area contributed by atoms with Gasteiger partial charge < -0.3 is 10.1 Å². The van der Waals surface area contributed by atoms with Crippen LogP contribution in [0.25, 0.3) is 10.9 Å². The molecule has 1 aromatic carbocycles. The molecule has 2 aromatic rings. The summed E-state index contributed by atoms with van der Waals surface area (Å²) in [5, 5.41) is 4.51. The summed E-state index contributed by atoms with van der Waals surface area (Å²) in [4.78, 5) is 15.8. The highest BCUT2D eigenvalue weighted by Crippen LogP contribution is 2.27. The van der Waals surface area contributed by atoms with Crippen LogP contribution in [-0.4, -0.2) is 23.6 Å². The van der Waals surface area contributed by atoms with Crippen LogP contribution in [0, 0.1) is 0 Å². The molecule has 0 spiro atoms. The monoisotopic (exact) mass is 278 g/mol. The molecular weight excluding hydrogens is 264 g/mol. The van der Waals surface area contributed by atoms with E-state index < -0.39 is 0 Å². The lowest BCUT2D eigenvalue weighted by atomic mass is 10.2. The van der Waals surface area contributed by atoms with Crippen LogP contribution in [0.4, 0.5) is 5.69 Å². The number of hydrogen-bond donors (Lipinski definition) is 1. The number of aromatic nitrogens is 1. The predicted octanol–water partition coefficient (Wildman–Crippen LogP) is 3.25. The van der Waals surface area contributed by atoms with Gasteiger partial charge in [0.05, 0.1) is 22.3 Å². The Kier molecular flexibility index (Phi) is 4.22. The molecule has 0 atom stereocenters. The zero-order chi connectivity index (χ0) is 13.8. The first kappa shape index (κ1) is 13.6. The lowest BCUT2D eigenvalue weighted by Crippen LogP contribution is -2.20. The first-order valence-electron chi connectivity index (χ1n) is 6.04. The van der Waals surface area contributed by atoms with E-state index in [2.05, 4.69) is 10.3 Å². The summed E-state index contributed by atoms with van der Waals surface area (Å²) in [6.45, 7) is 3.74. The van der Waals surface area contributed by atoms with Crippen molar-refractivity contribution < 1.29 is 9.53 Å². The summed E-state index contributed by atoms with van der Waals surface area (Å²) in [5.74, 6) is -0.297. The predicted molar refractivity (Wildman–Crippen MR) is 76.5 cm³/mol. The molecule has 0 saturated carbocycles. The van der Waals surface area contributed by atoms with Crippen molar-refractivity contribution in [3.8, 4) is 0 Å². The molecular formula is C14H15ClN2O2. The average molecular weight is 279 g/mol. The van der Waals surface area contributed by atoms with Crippen molar-refractivity contribution in [1.29, 1.82) is 0 Å². The van der Waals surface area contributed by atoms with Gasteiger partial charge in [-0.15, -0.1) is 0 Å². The number of nitrogens with zero attached hydrogens (tertiary/aromatic N) is 1. The van der Waals surface area contributed by atoms with Gasteiger partial charge in [0.1, 0.15) is 6.54 Å². The van der Waals surface area contributed by atoms with Crippen LogP contribution in [0.1, 0.15) is 13.8 Å². The Morgan fingerprint density at radius 1 is 1.42 bits per heavy atom. The molecule has 0 fully saturated rings. The van der Waals surface area contributed by atoms with E-state index in [1.54, 1.807) is 18.3 Å². The number of pyridine rings is 1. The Labute approximate surface area is 116 Å². The second kappa shape index (κ2) is 5.89. The number of fused-ring (bicyclic) bond motifs is 1. The normalized spacial score (nSPS) is 10.7. The van der Waals surface area contributed by atoms with Crippen LogP contribution in [0.5, 0.6) is 0 Å². The fourth-order valence-electron chi connectivity index (χ4n) is 1.75. The van der Waals surface area contributed by atoms with Crippen molar-refractivity contribution in [2.45, 2.75) is 20.0 Å². The van der Waals surface area contributed by atoms with E-state index in [-0.39, 0.29) is 18.6 Å². The third-order valence-corrected chi connectivity index (χ3v) is 2.84. The topological polar surface area (TPSA) is 51.2 Å². The molecule has 0 bridgehead atoms. The number of ether oxygens (including phenoxy) is 1. The molecule has 19 heavy (non-hydrogen) atoms. The van der Waals surface area contributed by atoms with Gasteiger partial charge in [0.15, 0.2) is 0 Å². The minimum absolute atomic E-state index is 0.103. The minimum atomic E-state index is -0.297. The van der Waals surface area contributed by atoms with Crippen molar-refractivity contribution >= 4 is 34.2 Å². The number of nitrogens with one attached hydrogen (secondary N) is 1. The van der Waals surface area contributed by atoms with Crippen LogP contribution in [0.15, 0.2) is 30.5 Å². The van der Waals surface area contributed by atoms with E-state index in [0.29, 0.717) is 5.02 Å². The second-order valence-corrected chi connectivity index (χ2v) is 4.79. The molecule has 0 unspecified atom stereocenters.